The first-order chi connectivity index (χ1) is 22.6. The van der Waals surface area contributed by atoms with Crippen LogP contribution in [0.5, 0.6) is 0 Å². The monoisotopic (exact) mass is 690 g/mol. The van der Waals surface area contributed by atoms with Crippen molar-refractivity contribution in [2.75, 3.05) is 26.4 Å². The van der Waals surface area contributed by atoms with Gasteiger partial charge in [0.2, 0.25) is 5.78 Å². The summed E-state index contributed by atoms with van der Waals surface area (Å²) in [7, 11) is 0. The molecule has 3 aromatic rings. The van der Waals surface area contributed by atoms with Crippen molar-refractivity contribution in [1.82, 2.24) is 0 Å². The van der Waals surface area contributed by atoms with Crippen molar-refractivity contribution < 1.29 is 28.5 Å². The first-order valence-corrected chi connectivity index (χ1v) is 17.1. The summed E-state index contributed by atoms with van der Waals surface area (Å²) in [5.74, 6) is 4.43. The van der Waals surface area contributed by atoms with Gasteiger partial charge < -0.3 is 18.9 Å². The maximum Gasteiger partial charge on any atom is 0.202 e. The Hall–Kier alpha value is -3.02. The number of ether oxygens (including phenoxy) is 4. The van der Waals surface area contributed by atoms with Crippen LogP contribution in [0.2, 0.25) is 10.0 Å². The Bertz CT molecular complexity index is 1770. The molecule has 0 amide bonds. The molecule has 254 valence electrons. The van der Waals surface area contributed by atoms with E-state index >= 15 is 0 Å². The molecule has 8 heteroatoms. The van der Waals surface area contributed by atoms with Crippen LogP contribution in [0.15, 0.2) is 54.6 Å². The lowest BCUT2D eigenvalue weighted by Gasteiger charge is -2.42. The quantitative estimate of drug-likeness (QED) is 0.151. The second kappa shape index (κ2) is 14.5. The van der Waals surface area contributed by atoms with Gasteiger partial charge in [-0.15, -0.1) is 0 Å². The molecule has 0 atom stereocenters. The molecule has 0 radical (unpaired) electrons. The molecule has 3 aliphatic rings. The molecule has 48 heavy (non-hydrogen) atoms. The predicted octanol–water partition coefficient (Wildman–Crippen LogP) is 9.06. The lowest BCUT2D eigenvalue weighted by Crippen LogP contribution is -2.47. The summed E-state index contributed by atoms with van der Waals surface area (Å²) in [6, 6.07) is 15.6. The third kappa shape index (κ3) is 8.58. The Morgan fingerprint density at radius 3 is 2.06 bits per heavy atom. The van der Waals surface area contributed by atoms with Crippen LogP contribution in [-0.2, 0) is 36.6 Å². The van der Waals surface area contributed by atoms with Crippen LogP contribution in [0, 0.1) is 22.7 Å². The number of halogens is 2. The maximum atomic E-state index is 12.4. The van der Waals surface area contributed by atoms with Crippen LogP contribution >= 0.6 is 23.2 Å². The van der Waals surface area contributed by atoms with Crippen LogP contribution in [0.4, 0.5) is 0 Å². The van der Waals surface area contributed by atoms with Crippen LogP contribution < -0.4 is 0 Å². The van der Waals surface area contributed by atoms with Gasteiger partial charge in [0.25, 0.3) is 0 Å². The summed E-state index contributed by atoms with van der Waals surface area (Å²) < 4.78 is 23.5. The van der Waals surface area contributed by atoms with Crippen molar-refractivity contribution in [2.45, 2.75) is 78.8 Å². The minimum absolute atomic E-state index is 0.0775. The van der Waals surface area contributed by atoms with Gasteiger partial charge in [-0.2, -0.15) is 0 Å². The predicted molar refractivity (Wildman–Crippen MR) is 191 cm³/mol. The second-order valence-corrected chi connectivity index (χ2v) is 15.1. The molecular formula is C40H44Cl2O6. The Balaban J connectivity index is 0.000000188. The van der Waals surface area contributed by atoms with Crippen LogP contribution in [-0.4, -0.2) is 49.6 Å². The number of rotatable bonds is 5. The van der Waals surface area contributed by atoms with Gasteiger partial charge in [-0.3, -0.25) is 9.59 Å². The minimum Gasteiger partial charge on any atom is -0.350 e. The fourth-order valence-corrected chi connectivity index (χ4v) is 6.89. The highest BCUT2D eigenvalue weighted by atomic mass is 35.5. The molecule has 1 aliphatic carbocycles. The topological polar surface area (TPSA) is 71.1 Å². The zero-order chi connectivity index (χ0) is 34.7. The van der Waals surface area contributed by atoms with Crippen molar-refractivity contribution in [3.8, 4) is 11.8 Å². The molecule has 6 nitrogen and oxygen atoms in total. The average Bonchev–Trinajstić information content (AvgIpc) is 3.38. The van der Waals surface area contributed by atoms with E-state index in [0.29, 0.717) is 37.9 Å². The standard InChI is InChI=1S/C20H21ClO3.C20H23ClO3/c1-12(22)18-14-5-4-6-17(21)15(14)7-13-8-20(9-16(13)18)10-23-19(2,3)24-11-20;1-16(22)8-6-12-20(14-23-19(2,3)24-15-20)13-7-10-17-9-4-5-11-18(17)21/h4-7H,8-11H2,1-3H3;4-5,7,9-11H,12-15H2,1-3H3/b;10-7+. The van der Waals surface area contributed by atoms with E-state index in [4.69, 9.17) is 42.1 Å². The Kier molecular flexibility index (Phi) is 10.9. The summed E-state index contributed by atoms with van der Waals surface area (Å²) in [5.41, 5.74) is 3.80. The normalized spacial score (nSPS) is 20.0. The van der Waals surface area contributed by atoms with E-state index in [1.165, 1.54) is 12.5 Å². The van der Waals surface area contributed by atoms with Crippen molar-refractivity contribution in [1.29, 1.82) is 0 Å². The number of hydrogen-bond donors (Lipinski definition) is 0. The molecule has 6 rings (SSSR count). The number of benzene rings is 3. The van der Waals surface area contributed by atoms with Crippen LogP contribution in [0.25, 0.3) is 16.8 Å². The highest BCUT2D eigenvalue weighted by Gasteiger charge is 2.45. The summed E-state index contributed by atoms with van der Waals surface area (Å²) in [5, 5.41) is 3.31. The summed E-state index contributed by atoms with van der Waals surface area (Å²) in [6.07, 6.45) is 7.04. The smallest absolute Gasteiger partial charge is 0.202 e. The van der Waals surface area contributed by atoms with Crippen LogP contribution in [0.1, 0.15) is 81.4 Å². The number of Topliss-reactive ketones (excluding diaryl/α,β-unsaturated/α-hetero) is 2. The first kappa shape index (κ1) is 36.3. The average molecular weight is 692 g/mol. The van der Waals surface area contributed by atoms with Crippen LogP contribution in [0.3, 0.4) is 0 Å². The number of fused-ring (bicyclic) bond motifs is 2. The Labute approximate surface area is 294 Å². The van der Waals surface area contributed by atoms with Gasteiger partial charge in [-0.25, -0.2) is 0 Å². The van der Waals surface area contributed by atoms with Crippen molar-refractivity contribution in [3.05, 3.63) is 86.9 Å². The van der Waals surface area contributed by atoms with E-state index in [1.807, 2.05) is 76.2 Å². The van der Waals surface area contributed by atoms with Crippen molar-refractivity contribution in [3.63, 3.8) is 0 Å². The number of hydrogen-bond acceptors (Lipinski definition) is 6. The molecule has 2 heterocycles. The highest BCUT2D eigenvalue weighted by Crippen LogP contribution is 2.46. The largest absolute Gasteiger partial charge is 0.350 e. The van der Waals surface area contributed by atoms with E-state index in [9.17, 15) is 9.59 Å². The van der Waals surface area contributed by atoms with Gasteiger partial charge in [0.1, 0.15) is 0 Å². The summed E-state index contributed by atoms with van der Waals surface area (Å²) in [6.45, 7) is 13.2. The van der Waals surface area contributed by atoms with Gasteiger partial charge in [-0.1, -0.05) is 71.6 Å². The number of allylic oxidation sites excluding steroid dienone is 1. The fraction of sp³-hybridized carbons (Fsp3) is 0.450. The lowest BCUT2D eigenvalue weighted by atomic mass is 9.81. The number of ketones is 2. The van der Waals surface area contributed by atoms with Crippen molar-refractivity contribution in [2.24, 2.45) is 10.8 Å². The molecule has 0 aromatic heterocycles. The maximum absolute atomic E-state index is 12.4. The van der Waals surface area contributed by atoms with E-state index in [2.05, 4.69) is 24.0 Å². The molecule has 3 aromatic carbocycles. The van der Waals surface area contributed by atoms with Gasteiger partial charge in [0.15, 0.2) is 17.4 Å². The molecule has 2 aliphatic heterocycles. The zero-order valence-electron chi connectivity index (χ0n) is 28.6. The summed E-state index contributed by atoms with van der Waals surface area (Å²) >= 11 is 12.6. The molecule has 1 spiro atoms. The zero-order valence-corrected chi connectivity index (χ0v) is 30.1. The molecule has 2 fully saturated rings. The van der Waals surface area contributed by atoms with E-state index < -0.39 is 11.6 Å². The van der Waals surface area contributed by atoms with Gasteiger partial charge in [0.05, 0.1) is 26.4 Å². The van der Waals surface area contributed by atoms with E-state index in [-0.39, 0.29) is 22.4 Å². The molecule has 0 saturated carbocycles. The summed E-state index contributed by atoms with van der Waals surface area (Å²) in [4.78, 5) is 23.5. The SMILES string of the molecule is CC(=O)C#CCC1(C/C=C/c2ccccc2Cl)COC(C)(C)OC1.CC(=O)c1c2c(cc3c(Cl)cccc13)CC1(COC(C)(C)OC1)C2. The van der Waals surface area contributed by atoms with Crippen molar-refractivity contribution >= 4 is 51.6 Å². The second-order valence-electron chi connectivity index (χ2n) is 14.3. The first-order valence-electron chi connectivity index (χ1n) is 16.3. The third-order valence-electron chi connectivity index (χ3n) is 9.18. The molecular weight excluding hydrogens is 647 g/mol. The fourth-order valence-electron chi connectivity index (χ4n) is 6.46. The highest BCUT2D eigenvalue weighted by molar-refractivity contribution is 6.36. The molecule has 0 bridgehead atoms. The lowest BCUT2D eigenvalue weighted by molar-refractivity contribution is -0.284. The minimum atomic E-state index is -0.579. The Morgan fingerprint density at radius 2 is 1.44 bits per heavy atom. The third-order valence-corrected chi connectivity index (χ3v) is 9.86. The van der Waals surface area contributed by atoms with Gasteiger partial charge in [0, 0.05) is 45.2 Å². The Morgan fingerprint density at radius 1 is 0.812 bits per heavy atom. The van der Waals surface area contributed by atoms with E-state index in [1.54, 1.807) is 6.92 Å². The molecule has 0 N–H and O–H groups in total. The number of carbonyl (C=O) groups is 2. The number of carbonyl (C=O) groups excluding carboxylic acids is 2. The van der Waals surface area contributed by atoms with Gasteiger partial charge in [-0.05, 0) is 100 Å². The molecule has 2 saturated heterocycles. The molecule has 0 unspecified atom stereocenters. The van der Waals surface area contributed by atoms with E-state index in [0.717, 1.165) is 51.7 Å². The van der Waals surface area contributed by atoms with Gasteiger partial charge >= 0.3 is 0 Å².